The zero-order valence-corrected chi connectivity index (χ0v) is 13.3. The summed E-state index contributed by atoms with van der Waals surface area (Å²) in [4.78, 5) is 14.6. The molecule has 1 rings (SSSR count). The van der Waals surface area contributed by atoms with Gasteiger partial charge in [-0.25, -0.2) is 0 Å². The predicted molar refractivity (Wildman–Crippen MR) is 86.4 cm³/mol. The van der Waals surface area contributed by atoms with Crippen LogP contribution in [0.25, 0.3) is 0 Å². The zero-order chi connectivity index (χ0) is 15.0. The molecule has 0 aliphatic heterocycles. The number of aryl methyl sites for hydroxylation is 1. The van der Waals surface area contributed by atoms with Gasteiger partial charge in [-0.2, -0.15) is 0 Å². The van der Waals surface area contributed by atoms with E-state index in [1.54, 1.807) is 0 Å². The van der Waals surface area contributed by atoms with Gasteiger partial charge in [0.25, 0.3) is 5.91 Å². The maximum Gasteiger partial charge on any atom is 0.255 e. The largest absolute Gasteiger partial charge is 0.384 e. The molecule has 1 aromatic carbocycles. The number of carbonyl (C=O) groups excluding carboxylic acids is 1. The van der Waals surface area contributed by atoms with E-state index in [4.69, 9.17) is 0 Å². The zero-order valence-electron chi connectivity index (χ0n) is 13.3. The van der Waals surface area contributed by atoms with E-state index in [0.717, 1.165) is 55.7 Å². The molecule has 1 aromatic rings. The van der Waals surface area contributed by atoms with Crippen LogP contribution >= 0.6 is 0 Å². The Hall–Kier alpha value is -1.51. The van der Waals surface area contributed by atoms with Crippen LogP contribution in [0.1, 0.15) is 56.0 Å². The molecule has 0 aromatic heterocycles. The highest BCUT2D eigenvalue weighted by Gasteiger charge is 2.17. The maximum absolute atomic E-state index is 12.7. The SMILES string of the molecule is CCCCN(CC)C(=O)c1cc(C)ccc1NCCC. The van der Waals surface area contributed by atoms with Crippen molar-refractivity contribution in [3.05, 3.63) is 29.3 Å². The molecule has 0 unspecified atom stereocenters. The van der Waals surface area contributed by atoms with Gasteiger partial charge in [0, 0.05) is 25.3 Å². The molecule has 1 amide bonds. The van der Waals surface area contributed by atoms with Crippen molar-refractivity contribution in [3.63, 3.8) is 0 Å². The summed E-state index contributed by atoms with van der Waals surface area (Å²) in [6.07, 6.45) is 3.22. The Morgan fingerprint density at radius 1 is 1.20 bits per heavy atom. The van der Waals surface area contributed by atoms with Gasteiger partial charge < -0.3 is 10.2 Å². The number of amides is 1. The molecule has 0 radical (unpaired) electrons. The number of nitrogens with one attached hydrogen (secondary N) is 1. The first kappa shape index (κ1) is 16.5. The van der Waals surface area contributed by atoms with Gasteiger partial charge in [-0.05, 0) is 38.8 Å². The molecule has 0 fully saturated rings. The Bertz CT molecular complexity index is 429. The number of unbranched alkanes of at least 4 members (excludes halogenated alkanes) is 1. The molecule has 3 nitrogen and oxygen atoms in total. The Kier molecular flexibility index (Phi) is 7.13. The minimum absolute atomic E-state index is 0.142. The van der Waals surface area contributed by atoms with Gasteiger partial charge in [-0.3, -0.25) is 4.79 Å². The molecule has 0 heterocycles. The van der Waals surface area contributed by atoms with Gasteiger partial charge in [0.2, 0.25) is 0 Å². The summed E-state index contributed by atoms with van der Waals surface area (Å²) in [6, 6.07) is 6.07. The molecule has 20 heavy (non-hydrogen) atoms. The van der Waals surface area contributed by atoms with Crippen molar-refractivity contribution in [2.75, 3.05) is 25.0 Å². The minimum atomic E-state index is 0.142. The normalized spacial score (nSPS) is 10.4. The summed E-state index contributed by atoms with van der Waals surface area (Å²) in [7, 11) is 0. The molecule has 0 spiro atoms. The minimum Gasteiger partial charge on any atom is -0.384 e. The van der Waals surface area contributed by atoms with Gasteiger partial charge in [-0.1, -0.05) is 31.9 Å². The van der Waals surface area contributed by atoms with Crippen LogP contribution < -0.4 is 5.32 Å². The fraction of sp³-hybridized carbons (Fsp3) is 0.588. The fourth-order valence-electron chi connectivity index (χ4n) is 2.17. The molecule has 1 N–H and O–H groups in total. The van der Waals surface area contributed by atoms with E-state index in [2.05, 4.69) is 25.2 Å². The molecular weight excluding hydrogens is 248 g/mol. The number of nitrogens with zero attached hydrogens (tertiary/aromatic N) is 1. The van der Waals surface area contributed by atoms with Crippen molar-refractivity contribution < 1.29 is 4.79 Å². The summed E-state index contributed by atoms with van der Waals surface area (Å²) in [5.41, 5.74) is 2.88. The second-order valence-corrected chi connectivity index (χ2v) is 5.21. The van der Waals surface area contributed by atoms with E-state index in [1.165, 1.54) is 0 Å². The fourth-order valence-corrected chi connectivity index (χ4v) is 2.17. The van der Waals surface area contributed by atoms with Crippen LogP contribution in [0.2, 0.25) is 0 Å². The highest BCUT2D eigenvalue weighted by Crippen LogP contribution is 2.20. The first-order chi connectivity index (χ1) is 9.63. The molecule has 112 valence electrons. The van der Waals surface area contributed by atoms with E-state index in [9.17, 15) is 4.79 Å². The number of benzene rings is 1. The van der Waals surface area contributed by atoms with Gasteiger partial charge in [0.15, 0.2) is 0 Å². The van der Waals surface area contributed by atoms with Crippen LogP contribution in [0.3, 0.4) is 0 Å². The molecule has 0 atom stereocenters. The Morgan fingerprint density at radius 2 is 1.95 bits per heavy atom. The summed E-state index contributed by atoms with van der Waals surface area (Å²) in [6.45, 7) is 10.9. The van der Waals surface area contributed by atoms with Gasteiger partial charge in [-0.15, -0.1) is 0 Å². The second kappa shape index (κ2) is 8.62. The Balaban J connectivity index is 2.96. The molecule has 0 aliphatic rings. The summed E-state index contributed by atoms with van der Waals surface area (Å²) in [5, 5.41) is 3.36. The van der Waals surface area contributed by atoms with Crippen molar-refractivity contribution in [1.82, 2.24) is 4.90 Å². The van der Waals surface area contributed by atoms with Crippen molar-refractivity contribution in [3.8, 4) is 0 Å². The third-order valence-electron chi connectivity index (χ3n) is 3.42. The Morgan fingerprint density at radius 3 is 2.55 bits per heavy atom. The van der Waals surface area contributed by atoms with Gasteiger partial charge in [0.05, 0.1) is 5.56 Å². The van der Waals surface area contributed by atoms with Crippen molar-refractivity contribution in [2.24, 2.45) is 0 Å². The van der Waals surface area contributed by atoms with E-state index < -0.39 is 0 Å². The highest BCUT2D eigenvalue weighted by molar-refractivity contribution is 5.99. The highest BCUT2D eigenvalue weighted by atomic mass is 16.2. The number of hydrogen-bond donors (Lipinski definition) is 1. The quantitative estimate of drug-likeness (QED) is 0.776. The third-order valence-corrected chi connectivity index (χ3v) is 3.42. The predicted octanol–water partition coefficient (Wildman–Crippen LogP) is 4.08. The molecule has 3 heteroatoms. The van der Waals surface area contributed by atoms with E-state index >= 15 is 0 Å². The lowest BCUT2D eigenvalue weighted by Gasteiger charge is -2.22. The topological polar surface area (TPSA) is 32.3 Å². The van der Waals surface area contributed by atoms with Crippen LogP contribution in [0.15, 0.2) is 18.2 Å². The molecule has 0 bridgehead atoms. The number of carbonyl (C=O) groups is 1. The van der Waals surface area contributed by atoms with Crippen molar-refractivity contribution in [1.29, 1.82) is 0 Å². The summed E-state index contributed by atoms with van der Waals surface area (Å²) in [5.74, 6) is 0.142. The van der Waals surface area contributed by atoms with Gasteiger partial charge >= 0.3 is 0 Å². The summed E-state index contributed by atoms with van der Waals surface area (Å²) >= 11 is 0. The molecule has 0 aliphatic carbocycles. The second-order valence-electron chi connectivity index (χ2n) is 5.21. The van der Waals surface area contributed by atoms with E-state index in [1.807, 2.05) is 30.9 Å². The van der Waals surface area contributed by atoms with Gasteiger partial charge in [0.1, 0.15) is 0 Å². The van der Waals surface area contributed by atoms with Crippen LogP contribution in [0, 0.1) is 6.92 Å². The van der Waals surface area contributed by atoms with Crippen LogP contribution in [0.5, 0.6) is 0 Å². The lowest BCUT2D eigenvalue weighted by atomic mass is 10.1. The molecule has 0 saturated heterocycles. The third kappa shape index (κ3) is 4.55. The summed E-state index contributed by atoms with van der Waals surface area (Å²) < 4.78 is 0. The van der Waals surface area contributed by atoms with E-state index in [0.29, 0.717) is 0 Å². The number of hydrogen-bond acceptors (Lipinski definition) is 2. The molecular formula is C17H28N2O. The van der Waals surface area contributed by atoms with Crippen molar-refractivity contribution >= 4 is 11.6 Å². The van der Waals surface area contributed by atoms with E-state index in [-0.39, 0.29) is 5.91 Å². The smallest absolute Gasteiger partial charge is 0.255 e. The number of rotatable bonds is 8. The monoisotopic (exact) mass is 276 g/mol. The lowest BCUT2D eigenvalue weighted by molar-refractivity contribution is 0.0763. The Labute approximate surface area is 123 Å². The van der Waals surface area contributed by atoms with Crippen LogP contribution in [0.4, 0.5) is 5.69 Å². The van der Waals surface area contributed by atoms with Crippen molar-refractivity contribution in [2.45, 2.75) is 47.0 Å². The first-order valence-electron chi connectivity index (χ1n) is 7.77. The molecule has 0 saturated carbocycles. The standard InChI is InChI=1S/C17H28N2O/c1-5-8-12-19(7-3)17(20)15-13-14(4)9-10-16(15)18-11-6-2/h9-10,13,18H,5-8,11-12H2,1-4H3. The average Bonchev–Trinajstić information content (AvgIpc) is 2.46. The number of anilines is 1. The van der Waals surface area contributed by atoms with Crippen LogP contribution in [-0.4, -0.2) is 30.4 Å². The van der Waals surface area contributed by atoms with Crippen LogP contribution in [-0.2, 0) is 0 Å². The average molecular weight is 276 g/mol. The first-order valence-corrected chi connectivity index (χ1v) is 7.77. The maximum atomic E-state index is 12.7. The lowest BCUT2D eigenvalue weighted by Crippen LogP contribution is -2.32.